The van der Waals surface area contributed by atoms with Gasteiger partial charge in [-0.1, -0.05) is 0 Å². The van der Waals surface area contributed by atoms with Crippen molar-refractivity contribution in [2.75, 3.05) is 37.7 Å². The van der Waals surface area contributed by atoms with Crippen molar-refractivity contribution in [3.63, 3.8) is 0 Å². The van der Waals surface area contributed by atoms with Gasteiger partial charge in [0.15, 0.2) is 0 Å². The summed E-state index contributed by atoms with van der Waals surface area (Å²) in [7, 11) is 0. The summed E-state index contributed by atoms with van der Waals surface area (Å²) >= 11 is 0. The Hall–Kier alpha value is -1.66. The van der Waals surface area contributed by atoms with Crippen molar-refractivity contribution in [3.05, 3.63) is 30.1 Å². The largest absolute Gasteiger partial charge is 0.381 e. The van der Waals surface area contributed by atoms with Crippen LogP contribution in [0, 0.1) is 5.82 Å². The molecule has 120 valence electrons. The van der Waals surface area contributed by atoms with Gasteiger partial charge in [-0.2, -0.15) is 0 Å². The first-order chi connectivity index (χ1) is 10.7. The molecule has 0 bridgehead atoms. The highest BCUT2D eigenvalue weighted by molar-refractivity contribution is 5.83. The molecule has 1 aromatic carbocycles. The van der Waals surface area contributed by atoms with Crippen LogP contribution in [0.4, 0.5) is 10.1 Å². The maximum Gasteiger partial charge on any atom is 0.239 e. The number of benzene rings is 1. The van der Waals surface area contributed by atoms with Gasteiger partial charge < -0.3 is 20.3 Å². The predicted molar refractivity (Wildman–Crippen MR) is 82.4 cm³/mol. The Morgan fingerprint density at radius 3 is 2.73 bits per heavy atom. The summed E-state index contributed by atoms with van der Waals surface area (Å²) in [6.07, 6.45) is 1.75. The number of halogens is 1. The summed E-state index contributed by atoms with van der Waals surface area (Å²) < 4.78 is 18.3. The van der Waals surface area contributed by atoms with Crippen molar-refractivity contribution in [2.24, 2.45) is 0 Å². The van der Waals surface area contributed by atoms with Gasteiger partial charge in [0.05, 0.1) is 0 Å². The van der Waals surface area contributed by atoms with E-state index in [1.807, 2.05) is 0 Å². The Morgan fingerprint density at radius 2 is 2.00 bits per heavy atom. The van der Waals surface area contributed by atoms with Gasteiger partial charge in [0.2, 0.25) is 5.91 Å². The molecule has 0 aliphatic carbocycles. The molecule has 0 saturated carbocycles. The minimum Gasteiger partial charge on any atom is -0.381 e. The number of carbonyl (C=O) groups excluding carboxylic acids is 1. The highest BCUT2D eigenvalue weighted by Gasteiger charge is 2.27. The van der Waals surface area contributed by atoms with Crippen LogP contribution in [-0.4, -0.2) is 50.8 Å². The lowest BCUT2D eigenvalue weighted by atomic mass is 10.1. The van der Waals surface area contributed by atoms with E-state index in [2.05, 4.69) is 15.5 Å². The molecule has 2 saturated heterocycles. The molecule has 6 heteroatoms. The van der Waals surface area contributed by atoms with E-state index in [0.717, 1.165) is 31.6 Å². The number of piperazine rings is 1. The number of hydrogen-bond donors (Lipinski definition) is 2. The quantitative estimate of drug-likeness (QED) is 0.871. The van der Waals surface area contributed by atoms with Crippen molar-refractivity contribution in [1.82, 2.24) is 10.6 Å². The molecule has 1 aromatic rings. The molecule has 0 radical (unpaired) electrons. The van der Waals surface area contributed by atoms with Crippen LogP contribution in [0.1, 0.15) is 12.8 Å². The Morgan fingerprint density at radius 1 is 1.27 bits per heavy atom. The molecule has 2 fully saturated rings. The van der Waals surface area contributed by atoms with Crippen LogP contribution < -0.4 is 15.5 Å². The third kappa shape index (κ3) is 3.75. The molecule has 5 nitrogen and oxygen atoms in total. The van der Waals surface area contributed by atoms with E-state index in [4.69, 9.17) is 4.74 Å². The van der Waals surface area contributed by atoms with Crippen LogP contribution in [0.25, 0.3) is 0 Å². The van der Waals surface area contributed by atoms with Crippen LogP contribution >= 0.6 is 0 Å². The van der Waals surface area contributed by atoms with Gasteiger partial charge in [0, 0.05) is 44.6 Å². The molecular formula is C16H22FN3O2. The zero-order valence-corrected chi connectivity index (χ0v) is 12.6. The zero-order valence-electron chi connectivity index (χ0n) is 12.6. The molecule has 3 rings (SSSR count). The lowest BCUT2D eigenvalue weighted by Gasteiger charge is -2.35. The lowest BCUT2D eigenvalue weighted by Crippen LogP contribution is -2.58. The number of carbonyl (C=O) groups is 1. The molecule has 0 unspecified atom stereocenters. The van der Waals surface area contributed by atoms with Gasteiger partial charge in [-0.25, -0.2) is 4.39 Å². The molecule has 2 aliphatic heterocycles. The van der Waals surface area contributed by atoms with E-state index in [-0.39, 0.29) is 23.8 Å². The monoisotopic (exact) mass is 307 g/mol. The summed E-state index contributed by atoms with van der Waals surface area (Å²) in [5, 5.41) is 6.36. The summed E-state index contributed by atoms with van der Waals surface area (Å²) in [6.45, 7) is 3.58. The smallest absolute Gasteiger partial charge is 0.239 e. The van der Waals surface area contributed by atoms with E-state index in [1.54, 1.807) is 12.1 Å². The summed E-state index contributed by atoms with van der Waals surface area (Å²) in [4.78, 5) is 14.5. The fraction of sp³-hybridized carbons (Fsp3) is 0.562. The average Bonchev–Trinajstić information content (AvgIpc) is 2.56. The number of nitrogens with zero attached hydrogens (tertiary/aromatic N) is 1. The Balaban J connectivity index is 1.57. The molecule has 2 aliphatic rings. The Kier molecular flexibility index (Phi) is 4.90. The molecule has 1 atom stereocenters. The van der Waals surface area contributed by atoms with Crippen molar-refractivity contribution < 1.29 is 13.9 Å². The summed E-state index contributed by atoms with van der Waals surface area (Å²) in [5.41, 5.74) is 0.951. The van der Waals surface area contributed by atoms with Crippen LogP contribution in [0.15, 0.2) is 24.3 Å². The number of hydrogen-bond acceptors (Lipinski definition) is 4. The maximum absolute atomic E-state index is 13.0. The molecule has 0 spiro atoms. The molecular weight excluding hydrogens is 285 g/mol. The minimum absolute atomic E-state index is 0.0405. The second-order valence-electron chi connectivity index (χ2n) is 5.82. The lowest BCUT2D eigenvalue weighted by molar-refractivity contribution is -0.124. The number of ether oxygens (including phenoxy) is 1. The van der Waals surface area contributed by atoms with Crippen molar-refractivity contribution in [1.29, 1.82) is 0 Å². The predicted octanol–water partition coefficient (Wildman–Crippen LogP) is 0.899. The SMILES string of the molecule is O=C(NC1CCOCC1)[C@H]1CN(c2ccc(F)cc2)CCN1. The number of rotatable bonds is 3. The second-order valence-corrected chi connectivity index (χ2v) is 5.82. The van der Waals surface area contributed by atoms with Crippen LogP contribution in [-0.2, 0) is 9.53 Å². The van der Waals surface area contributed by atoms with Gasteiger partial charge in [-0.15, -0.1) is 0 Å². The fourth-order valence-corrected chi connectivity index (χ4v) is 2.96. The Labute approximate surface area is 129 Å². The van der Waals surface area contributed by atoms with Gasteiger partial charge >= 0.3 is 0 Å². The van der Waals surface area contributed by atoms with E-state index >= 15 is 0 Å². The zero-order chi connectivity index (χ0) is 15.4. The number of amides is 1. The van der Waals surface area contributed by atoms with Crippen molar-refractivity contribution in [2.45, 2.75) is 24.9 Å². The molecule has 1 amide bonds. The van der Waals surface area contributed by atoms with Crippen LogP contribution in [0.2, 0.25) is 0 Å². The molecule has 0 aromatic heterocycles. The summed E-state index contributed by atoms with van der Waals surface area (Å²) in [6, 6.07) is 6.40. The van der Waals surface area contributed by atoms with Crippen molar-refractivity contribution >= 4 is 11.6 Å². The fourth-order valence-electron chi connectivity index (χ4n) is 2.96. The van der Waals surface area contributed by atoms with E-state index < -0.39 is 0 Å². The first-order valence-corrected chi connectivity index (χ1v) is 7.84. The normalized spacial score (nSPS) is 23.3. The molecule has 2 N–H and O–H groups in total. The van der Waals surface area contributed by atoms with Gasteiger partial charge in [0.25, 0.3) is 0 Å². The van der Waals surface area contributed by atoms with Crippen LogP contribution in [0.5, 0.6) is 0 Å². The Bertz CT molecular complexity index is 503. The third-order valence-corrected chi connectivity index (χ3v) is 4.25. The third-order valence-electron chi connectivity index (χ3n) is 4.25. The van der Waals surface area contributed by atoms with Gasteiger partial charge in [0.1, 0.15) is 11.9 Å². The van der Waals surface area contributed by atoms with E-state index in [9.17, 15) is 9.18 Å². The highest BCUT2D eigenvalue weighted by Crippen LogP contribution is 2.17. The van der Waals surface area contributed by atoms with Crippen molar-refractivity contribution in [3.8, 4) is 0 Å². The first-order valence-electron chi connectivity index (χ1n) is 7.84. The second kappa shape index (κ2) is 7.07. The van der Waals surface area contributed by atoms with Gasteiger partial charge in [-0.3, -0.25) is 4.79 Å². The minimum atomic E-state index is -0.243. The average molecular weight is 307 g/mol. The standard InChI is InChI=1S/C16H22FN3O2/c17-12-1-3-14(4-2-12)20-8-7-18-15(11-20)16(21)19-13-5-9-22-10-6-13/h1-4,13,15,18H,5-11H2,(H,19,21)/t15-/m1/s1. The number of anilines is 1. The van der Waals surface area contributed by atoms with E-state index in [1.165, 1.54) is 12.1 Å². The van der Waals surface area contributed by atoms with Crippen LogP contribution in [0.3, 0.4) is 0 Å². The van der Waals surface area contributed by atoms with Gasteiger partial charge in [-0.05, 0) is 37.1 Å². The topological polar surface area (TPSA) is 53.6 Å². The maximum atomic E-state index is 13.0. The first kappa shape index (κ1) is 15.2. The highest BCUT2D eigenvalue weighted by atomic mass is 19.1. The molecule has 22 heavy (non-hydrogen) atoms. The summed E-state index contributed by atoms with van der Waals surface area (Å²) in [5.74, 6) is -0.202. The van der Waals surface area contributed by atoms with E-state index in [0.29, 0.717) is 19.8 Å². The number of nitrogens with one attached hydrogen (secondary N) is 2. The molecule has 2 heterocycles.